The van der Waals surface area contributed by atoms with E-state index >= 15 is 0 Å². The molecule has 0 aliphatic rings. The van der Waals surface area contributed by atoms with Crippen LogP contribution in [0, 0.1) is 28.4 Å². The quantitative estimate of drug-likeness (QED) is 0.202. The number of hydrogen-bond acceptors (Lipinski definition) is 5. The number of nitrogens with one attached hydrogen (secondary N) is 1. The SMILES string of the molecule is Cc1cccc(Cl)c1NC(=O)/C(C#N)=C/c1ccc(-c2ccc([N+](=O)[O-])cc2Br)o1. The number of benzene rings is 2. The number of anilines is 1. The molecule has 150 valence electrons. The van der Waals surface area contributed by atoms with Crippen molar-refractivity contribution >= 4 is 50.9 Å². The van der Waals surface area contributed by atoms with Gasteiger partial charge in [-0.05, 0) is 52.7 Å². The molecule has 1 heterocycles. The van der Waals surface area contributed by atoms with Gasteiger partial charge in [-0.15, -0.1) is 0 Å². The average Bonchev–Trinajstić information content (AvgIpc) is 3.17. The van der Waals surface area contributed by atoms with Gasteiger partial charge in [0.1, 0.15) is 23.2 Å². The summed E-state index contributed by atoms with van der Waals surface area (Å²) in [5.41, 5.74) is 1.56. The summed E-state index contributed by atoms with van der Waals surface area (Å²) in [4.78, 5) is 22.9. The summed E-state index contributed by atoms with van der Waals surface area (Å²) in [6, 6.07) is 14.5. The Balaban J connectivity index is 1.86. The van der Waals surface area contributed by atoms with E-state index < -0.39 is 10.8 Å². The summed E-state index contributed by atoms with van der Waals surface area (Å²) in [7, 11) is 0. The van der Waals surface area contributed by atoms with E-state index in [0.29, 0.717) is 26.5 Å². The number of aryl methyl sites for hydroxylation is 1. The second-order valence-corrected chi connectivity index (χ2v) is 7.44. The zero-order valence-electron chi connectivity index (χ0n) is 15.5. The summed E-state index contributed by atoms with van der Waals surface area (Å²) in [6.45, 7) is 1.79. The molecule has 3 aromatic rings. The lowest BCUT2D eigenvalue weighted by atomic mass is 10.1. The van der Waals surface area contributed by atoms with Crippen LogP contribution in [0.3, 0.4) is 0 Å². The van der Waals surface area contributed by atoms with Crippen molar-refractivity contribution < 1.29 is 14.1 Å². The Labute approximate surface area is 184 Å². The smallest absolute Gasteiger partial charge is 0.270 e. The summed E-state index contributed by atoms with van der Waals surface area (Å²) in [5.74, 6) is 0.0728. The van der Waals surface area contributed by atoms with E-state index in [-0.39, 0.29) is 17.0 Å². The van der Waals surface area contributed by atoms with E-state index in [1.807, 2.05) is 6.07 Å². The molecule has 0 aliphatic carbocycles. The zero-order valence-corrected chi connectivity index (χ0v) is 17.8. The topological polar surface area (TPSA) is 109 Å². The van der Waals surface area contributed by atoms with Crippen LogP contribution in [0.15, 0.2) is 63.0 Å². The number of nitriles is 1. The van der Waals surface area contributed by atoms with Crippen molar-refractivity contribution in [2.24, 2.45) is 0 Å². The number of amides is 1. The molecule has 1 aromatic heterocycles. The minimum Gasteiger partial charge on any atom is -0.457 e. The van der Waals surface area contributed by atoms with Crippen molar-refractivity contribution in [2.75, 3.05) is 5.32 Å². The van der Waals surface area contributed by atoms with Gasteiger partial charge in [0.05, 0.1) is 15.6 Å². The fourth-order valence-corrected chi connectivity index (χ4v) is 3.49. The Hall–Kier alpha value is -3.41. The molecule has 0 saturated heterocycles. The van der Waals surface area contributed by atoms with E-state index in [0.717, 1.165) is 5.56 Å². The van der Waals surface area contributed by atoms with E-state index in [1.54, 1.807) is 43.3 Å². The maximum Gasteiger partial charge on any atom is 0.270 e. The van der Waals surface area contributed by atoms with Gasteiger partial charge in [-0.2, -0.15) is 5.26 Å². The predicted octanol–water partition coefficient (Wildman–Crippen LogP) is 6.12. The molecule has 0 atom stereocenters. The highest BCUT2D eigenvalue weighted by Gasteiger charge is 2.16. The number of nitrogens with zero attached hydrogens (tertiary/aromatic N) is 2. The molecule has 1 amide bonds. The minimum absolute atomic E-state index is 0.0596. The number of rotatable bonds is 5. The van der Waals surface area contributed by atoms with Gasteiger partial charge in [0.2, 0.25) is 0 Å². The molecule has 0 spiro atoms. The number of halogens is 2. The van der Waals surface area contributed by atoms with E-state index in [9.17, 15) is 20.2 Å². The summed E-state index contributed by atoms with van der Waals surface area (Å²) in [5, 5.41) is 23.3. The Morgan fingerprint density at radius 1 is 1.30 bits per heavy atom. The molecule has 0 aliphatic heterocycles. The number of nitro benzene ring substituents is 1. The fourth-order valence-electron chi connectivity index (χ4n) is 2.65. The first-order valence-electron chi connectivity index (χ1n) is 8.52. The highest BCUT2D eigenvalue weighted by Crippen LogP contribution is 2.33. The van der Waals surface area contributed by atoms with Gasteiger partial charge >= 0.3 is 0 Å². The van der Waals surface area contributed by atoms with Crippen molar-refractivity contribution in [3.05, 3.63) is 85.0 Å². The number of furan rings is 1. The van der Waals surface area contributed by atoms with Crippen LogP contribution in [0.4, 0.5) is 11.4 Å². The maximum absolute atomic E-state index is 12.5. The Morgan fingerprint density at radius 2 is 2.07 bits per heavy atom. The van der Waals surface area contributed by atoms with Crippen molar-refractivity contribution in [2.45, 2.75) is 6.92 Å². The number of hydrogen-bond donors (Lipinski definition) is 1. The summed E-state index contributed by atoms with van der Waals surface area (Å²) >= 11 is 9.41. The molecule has 9 heteroatoms. The largest absolute Gasteiger partial charge is 0.457 e. The summed E-state index contributed by atoms with van der Waals surface area (Å²) < 4.78 is 6.18. The number of carbonyl (C=O) groups is 1. The molecule has 0 saturated carbocycles. The highest BCUT2D eigenvalue weighted by atomic mass is 79.9. The van der Waals surface area contributed by atoms with Gasteiger partial charge in [-0.3, -0.25) is 14.9 Å². The molecule has 1 N–H and O–H groups in total. The molecule has 2 aromatic carbocycles. The molecule has 7 nitrogen and oxygen atoms in total. The Morgan fingerprint density at radius 3 is 2.70 bits per heavy atom. The molecule has 3 rings (SSSR count). The van der Waals surface area contributed by atoms with Crippen LogP contribution < -0.4 is 5.32 Å². The van der Waals surface area contributed by atoms with E-state index in [4.69, 9.17) is 16.0 Å². The van der Waals surface area contributed by atoms with Gasteiger partial charge in [0, 0.05) is 28.2 Å². The number of para-hydroxylation sites is 1. The van der Waals surface area contributed by atoms with Crippen LogP contribution in [-0.2, 0) is 4.79 Å². The van der Waals surface area contributed by atoms with Crippen molar-refractivity contribution in [1.29, 1.82) is 5.26 Å². The third-order valence-electron chi connectivity index (χ3n) is 4.17. The zero-order chi connectivity index (χ0) is 21.8. The molecule has 0 radical (unpaired) electrons. The van der Waals surface area contributed by atoms with Crippen molar-refractivity contribution in [1.82, 2.24) is 0 Å². The van der Waals surface area contributed by atoms with Crippen molar-refractivity contribution in [3.8, 4) is 17.4 Å². The lowest BCUT2D eigenvalue weighted by molar-refractivity contribution is -0.384. The van der Waals surface area contributed by atoms with Gasteiger partial charge in [-0.25, -0.2) is 0 Å². The van der Waals surface area contributed by atoms with Crippen LogP contribution in [0.25, 0.3) is 17.4 Å². The van der Waals surface area contributed by atoms with Crippen LogP contribution in [0.5, 0.6) is 0 Å². The molecule has 0 fully saturated rings. The number of nitro groups is 1. The first-order chi connectivity index (χ1) is 14.3. The predicted molar refractivity (Wildman–Crippen MR) is 117 cm³/mol. The average molecular weight is 487 g/mol. The van der Waals surface area contributed by atoms with Gasteiger partial charge in [0.15, 0.2) is 0 Å². The lowest BCUT2D eigenvalue weighted by Gasteiger charge is -2.09. The molecule has 0 bridgehead atoms. The van der Waals surface area contributed by atoms with Crippen LogP contribution in [0.2, 0.25) is 5.02 Å². The van der Waals surface area contributed by atoms with Crippen LogP contribution in [-0.4, -0.2) is 10.8 Å². The van der Waals surface area contributed by atoms with Gasteiger partial charge in [-0.1, -0.05) is 23.7 Å². The normalized spacial score (nSPS) is 11.1. The van der Waals surface area contributed by atoms with Gasteiger partial charge < -0.3 is 9.73 Å². The standard InChI is InChI=1S/C21H13BrClN3O4/c1-12-3-2-4-18(23)20(12)25-21(27)13(11-24)9-15-6-8-19(30-15)16-7-5-14(26(28)29)10-17(16)22/h2-10H,1H3,(H,25,27)/b13-9+. The highest BCUT2D eigenvalue weighted by molar-refractivity contribution is 9.10. The Bertz CT molecular complexity index is 1210. The van der Waals surface area contributed by atoms with Crippen LogP contribution >= 0.6 is 27.5 Å². The molecule has 0 unspecified atom stereocenters. The van der Waals surface area contributed by atoms with Crippen molar-refractivity contribution in [3.63, 3.8) is 0 Å². The molecular formula is C21H13BrClN3O4. The number of carbonyl (C=O) groups excluding carboxylic acids is 1. The number of non-ortho nitro benzene ring substituents is 1. The third kappa shape index (κ3) is 4.59. The third-order valence-corrected chi connectivity index (χ3v) is 5.14. The second-order valence-electron chi connectivity index (χ2n) is 6.18. The van der Waals surface area contributed by atoms with Gasteiger partial charge in [0.25, 0.3) is 11.6 Å². The van der Waals surface area contributed by atoms with E-state index in [1.165, 1.54) is 18.2 Å². The first kappa shape index (κ1) is 21.3. The molecular weight excluding hydrogens is 474 g/mol. The minimum atomic E-state index is -0.622. The molecule has 30 heavy (non-hydrogen) atoms. The Kier molecular flexibility index (Phi) is 6.35. The van der Waals surface area contributed by atoms with E-state index in [2.05, 4.69) is 21.2 Å². The lowest BCUT2D eigenvalue weighted by Crippen LogP contribution is -2.14. The first-order valence-corrected chi connectivity index (χ1v) is 9.69. The maximum atomic E-state index is 12.5. The summed E-state index contributed by atoms with van der Waals surface area (Å²) in [6.07, 6.45) is 1.31. The van der Waals surface area contributed by atoms with Crippen LogP contribution in [0.1, 0.15) is 11.3 Å². The fraction of sp³-hybridized carbons (Fsp3) is 0.0476. The monoisotopic (exact) mass is 485 g/mol. The second kappa shape index (κ2) is 8.95.